The van der Waals surface area contributed by atoms with Crippen LogP contribution in [0.4, 0.5) is 0 Å². The molecule has 0 saturated carbocycles. The molecule has 8 heteroatoms. The molecule has 5 rings (SSSR count). The van der Waals surface area contributed by atoms with Crippen molar-refractivity contribution in [2.24, 2.45) is 27.7 Å². The second-order valence-corrected chi connectivity index (χ2v) is 12.1. The predicted octanol–water partition coefficient (Wildman–Crippen LogP) is 4.48. The Morgan fingerprint density at radius 2 is 1.48 bits per heavy atom. The van der Waals surface area contributed by atoms with Crippen molar-refractivity contribution in [2.75, 3.05) is 13.1 Å². The van der Waals surface area contributed by atoms with Gasteiger partial charge in [0, 0.05) is 35.4 Å². The largest absolute Gasteiger partial charge is 0.456 e. The number of esters is 2. The first-order valence-electron chi connectivity index (χ1n) is 14.7. The third-order valence-electron chi connectivity index (χ3n) is 9.29. The highest BCUT2D eigenvalue weighted by atomic mass is 16.6. The first kappa shape index (κ1) is 28.7. The minimum Gasteiger partial charge on any atom is -0.456 e. The quantitative estimate of drug-likeness (QED) is 0.178. The van der Waals surface area contributed by atoms with Gasteiger partial charge in [-0.1, -0.05) is 32.2 Å². The molecule has 3 heterocycles. The van der Waals surface area contributed by atoms with Crippen molar-refractivity contribution in [3.05, 3.63) is 47.6 Å². The highest BCUT2D eigenvalue weighted by Gasteiger charge is 2.61. The van der Waals surface area contributed by atoms with Crippen LogP contribution >= 0.6 is 0 Å². The van der Waals surface area contributed by atoms with E-state index in [1.165, 1.54) is 0 Å². The summed E-state index contributed by atoms with van der Waals surface area (Å²) in [4.78, 5) is 33.6. The van der Waals surface area contributed by atoms with Gasteiger partial charge in [0.05, 0.1) is 24.8 Å². The average molecular weight is 551 g/mol. The molecule has 2 aliphatic carbocycles. The van der Waals surface area contributed by atoms with E-state index in [1.54, 1.807) is 0 Å². The summed E-state index contributed by atoms with van der Waals surface area (Å²) in [7, 11) is 0. The van der Waals surface area contributed by atoms with Crippen molar-refractivity contribution >= 4 is 24.4 Å². The number of carbonyl (C=O) groups is 2. The van der Waals surface area contributed by atoms with Gasteiger partial charge in [-0.25, -0.2) is 9.59 Å². The molecule has 0 aromatic heterocycles. The minimum absolute atomic E-state index is 0.0167. The van der Waals surface area contributed by atoms with Crippen LogP contribution in [-0.2, 0) is 23.8 Å². The van der Waals surface area contributed by atoms with Gasteiger partial charge in [-0.05, 0) is 75.4 Å². The van der Waals surface area contributed by atoms with E-state index in [4.69, 9.17) is 14.2 Å². The summed E-state index contributed by atoms with van der Waals surface area (Å²) in [5, 5.41) is 10.7. The molecule has 0 amide bonds. The van der Waals surface area contributed by atoms with E-state index in [2.05, 4.69) is 42.2 Å². The van der Waals surface area contributed by atoms with Gasteiger partial charge >= 0.3 is 11.9 Å². The summed E-state index contributed by atoms with van der Waals surface area (Å²) in [6.45, 7) is 13.2. The van der Waals surface area contributed by atoms with E-state index in [0.717, 1.165) is 56.1 Å². The SMILES string of the molecule is C=C1C(=O)O[C@@H]2[C@H](O)[C@@H](C)CC/C=C(/C=NCCN=C/C3=C/CC[C@@]4(C)O[C@H]4[C@H]4OC(=O)C(=C)[C@@H]4CC3)CC[C@@H]12. The molecule has 0 unspecified atom stereocenters. The molecule has 8 nitrogen and oxygen atoms in total. The molecule has 8 atom stereocenters. The summed E-state index contributed by atoms with van der Waals surface area (Å²) in [5.41, 5.74) is 3.07. The molecular weight excluding hydrogens is 508 g/mol. The second kappa shape index (κ2) is 12.0. The lowest BCUT2D eigenvalue weighted by molar-refractivity contribution is -0.146. The van der Waals surface area contributed by atoms with Crippen LogP contribution in [0.5, 0.6) is 0 Å². The first-order chi connectivity index (χ1) is 19.2. The molecule has 3 saturated heterocycles. The third-order valence-corrected chi connectivity index (χ3v) is 9.29. The lowest BCUT2D eigenvalue weighted by atomic mass is 9.82. The Morgan fingerprint density at radius 3 is 2.10 bits per heavy atom. The molecule has 0 spiro atoms. The number of epoxide rings is 1. The molecule has 40 heavy (non-hydrogen) atoms. The van der Waals surface area contributed by atoms with Gasteiger partial charge in [-0.15, -0.1) is 0 Å². The van der Waals surface area contributed by atoms with E-state index in [9.17, 15) is 14.7 Å². The van der Waals surface area contributed by atoms with Gasteiger partial charge < -0.3 is 19.3 Å². The summed E-state index contributed by atoms with van der Waals surface area (Å²) in [6.07, 6.45) is 13.3. The number of hydrogen-bond acceptors (Lipinski definition) is 8. The number of nitrogens with zero attached hydrogens (tertiary/aromatic N) is 2. The Morgan fingerprint density at radius 1 is 0.925 bits per heavy atom. The molecule has 0 aromatic rings. The van der Waals surface area contributed by atoms with E-state index >= 15 is 0 Å². The van der Waals surface area contributed by atoms with E-state index < -0.39 is 18.2 Å². The Bertz CT molecular complexity index is 1170. The molecule has 1 N–H and O–H groups in total. The topological polar surface area (TPSA) is 110 Å². The standard InChI is InChI=1S/C32H42N2O6/c1-19-7-5-8-22(10-12-24-20(2)30(36)38-27(24)26(19)35)17-33-15-16-34-18-23-9-6-14-32(4)29(40-32)28-25(13-11-23)21(3)31(37)39-28/h8-9,17-19,24-29,35H,2-3,5-7,10-16H2,1,4H3/b22-8+,23-9+,33-17?,34-18?/t19-,24-,25-,26+,27-,28-,29-,32+/m0/s1. The van der Waals surface area contributed by atoms with Crippen molar-refractivity contribution in [2.45, 2.75) is 95.2 Å². The Balaban J connectivity index is 1.14. The summed E-state index contributed by atoms with van der Waals surface area (Å²) >= 11 is 0. The van der Waals surface area contributed by atoms with Crippen LogP contribution < -0.4 is 0 Å². The second-order valence-electron chi connectivity index (χ2n) is 12.1. The zero-order valence-electron chi connectivity index (χ0n) is 23.7. The fourth-order valence-corrected chi connectivity index (χ4v) is 6.52. The number of aliphatic hydroxyl groups is 1. The van der Waals surface area contributed by atoms with Gasteiger partial charge in [0.25, 0.3) is 0 Å². The predicted molar refractivity (Wildman–Crippen MR) is 153 cm³/mol. The maximum Gasteiger partial charge on any atom is 0.334 e. The highest BCUT2D eigenvalue weighted by Crippen LogP contribution is 2.49. The lowest BCUT2D eigenvalue weighted by Crippen LogP contribution is -2.36. The van der Waals surface area contributed by atoms with Crippen LogP contribution in [0.2, 0.25) is 0 Å². The number of carbonyl (C=O) groups excluding carboxylic acids is 2. The molecule has 3 aliphatic heterocycles. The van der Waals surface area contributed by atoms with Crippen molar-refractivity contribution in [1.82, 2.24) is 0 Å². The van der Waals surface area contributed by atoms with Gasteiger partial charge in [-0.3, -0.25) is 9.98 Å². The summed E-state index contributed by atoms with van der Waals surface area (Å²) in [6, 6.07) is 0. The van der Waals surface area contributed by atoms with E-state index in [1.807, 2.05) is 19.4 Å². The van der Waals surface area contributed by atoms with Crippen molar-refractivity contribution in [1.29, 1.82) is 0 Å². The number of rotatable bonds is 5. The number of fused-ring (bicyclic) bond motifs is 4. The van der Waals surface area contributed by atoms with Crippen LogP contribution in [0, 0.1) is 17.8 Å². The van der Waals surface area contributed by atoms with E-state index in [0.29, 0.717) is 30.7 Å². The fraction of sp³-hybridized carbons (Fsp3) is 0.625. The zero-order valence-corrected chi connectivity index (χ0v) is 23.7. The van der Waals surface area contributed by atoms with Crippen LogP contribution in [0.3, 0.4) is 0 Å². The van der Waals surface area contributed by atoms with Crippen LogP contribution in [0.1, 0.15) is 65.2 Å². The maximum absolute atomic E-state index is 12.2. The smallest absolute Gasteiger partial charge is 0.334 e. The van der Waals surface area contributed by atoms with Crippen LogP contribution in [0.25, 0.3) is 0 Å². The average Bonchev–Trinajstić information content (AvgIpc) is 3.40. The highest BCUT2D eigenvalue weighted by molar-refractivity contribution is 5.91. The van der Waals surface area contributed by atoms with Crippen molar-refractivity contribution in [3.8, 4) is 0 Å². The molecule has 3 fully saturated rings. The number of ether oxygens (including phenoxy) is 3. The lowest BCUT2D eigenvalue weighted by Gasteiger charge is -2.28. The van der Waals surface area contributed by atoms with Gasteiger partial charge in [0.1, 0.15) is 18.3 Å². The number of aliphatic hydroxyl groups excluding tert-OH is 1. The first-order valence-corrected chi connectivity index (χ1v) is 14.7. The summed E-state index contributed by atoms with van der Waals surface area (Å²) in [5.74, 6) is -0.849. The van der Waals surface area contributed by atoms with Crippen LogP contribution in [0.15, 0.2) is 57.6 Å². The Hall–Kier alpha value is -2.84. The Labute approximate surface area is 237 Å². The maximum atomic E-state index is 12.2. The number of aliphatic imine (C=N–C) groups is 2. The molecule has 216 valence electrons. The monoisotopic (exact) mass is 550 g/mol. The van der Waals surface area contributed by atoms with E-state index in [-0.39, 0.29) is 41.5 Å². The zero-order chi connectivity index (χ0) is 28.4. The molecular formula is C32H42N2O6. The van der Waals surface area contributed by atoms with Gasteiger partial charge in [0.2, 0.25) is 0 Å². The number of allylic oxidation sites excluding steroid dienone is 4. The summed E-state index contributed by atoms with van der Waals surface area (Å²) < 4.78 is 17.1. The van der Waals surface area contributed by atoms with Crippen LogP contribution in [-0.4, -0.2) is 72.6 Å². The fourth-order valence-electron chi connectivity index (χ4n) is 6.52. The molecule has 5 aliphatic rings. The number of hydrogen-bond donors (Lipinski definition) is 1. The Kier molecular flexibility index (Phi) is 8.57. The van der Waals surface area contributed by atoms with Crippen molar-refractivity contribution < 1.29 is 28.9 Å². The molecule has 0 bridgehead atoms. The molecule has 0 radical (unpaired) electrons. The van der Waals surface area contributed by atoms with Crippen molar-refractivity contribution in [3.63, 3.8) is 0 Å². The third kappa shape index (κ3) is 6.08. The minimum atomic E-state index is -0.673. The molecule has 0 aromatic carbocycles. The van der Waals surface area contributed by atoms with Gasteiger partial charge in [0.15, 0.2) is 0 Å². The normalized spacial score (nSPS) is 41.3. The van der Waals surface area contributed by atoms with Gasteiger partial charge in [-0.2, -0.15) is 0 Å².